The summed E-state index contributed by atoms with van der Waals surface area (Å²) in [6.07, 6.45) is 1.53. The molecule has 1 amide bonds. The van der Waals surface area contributed by atoms with Gasteiger partial charge >= 0.3 is 0 Å². The van der Waals surface area contributed by atoms with Crippen LogP contribution in [0.1, 0.15) is 36.5 Å². The summed E-state index contributed by atoms with van der Waals surface area (Å²) >= 11 is 5.88. The fourth-order valence-electron chi connectivity index (χ4n) is 2.33. The molecule has 0 atom stereocenters. The predicted octanol–water partition coefficient (Wildman–Crippen LogP) is 4.30. The molecule has 2 aromatic carbocycles. The highest BCUT2D eigenvalue weighted by Crippen LogP contribution is 2.23. The van der Waals surface area contributed by atoms with Crippen molar-refractivity contribution in [3.8, 4) is 5.75 Å². The molecule has 4 nitrogen and oxygen atoms in total. The summed E-state index contributed by atoms with van der Waals surface area (Å²) in [6, 6.07) is 13.0. The van der Waals surface area contributed by atoms with Crippen LogP contribution < -0.4 is 10.2 Å². The SMILES string of the molecule is Cc1cc(OCC(=O)N/N=C/c2cccc(Cl)c2)ccc1C(C)C. The molecule has 0 aliphatic carbocycles. The number of hydrogen-bond donors (Lipinski definition) is 1. The van der Waals surface area contributed by atoms with Crippen molar-refractivity contribution in [2.24, 2.45) is 5.10 Å². The van der Waals surface area contributed by atoms with E-state index in [1.807, 2.05) is 37.3 Å². The Morgan fingerprint density at radius 2 is 2.08 bits per heavy atom. The normalized spacial score (nSPS) is 11.0. The van der Waals surface area contributed by atoms with E-state index < -0.39 is 0 Å². The van der Waals surface area contributed by atoms with Crippen LogP contribution in [0.4, 0.5) is 0 Å². The van der Waals surface area contributed by atoms with Crippen molar-refractivity contribution < 1.29 is 9.53 Å². The molecule has 0 saturated heterocycles. The fraction of sp³-hybridized carbons (Fsp3) is 0.263. The number of halogens is 1. The van der Waals surface area contributed by atoms with Crippen LogP contribution in [0.25, 0.3) is 0 Å². The highest BCUT2D eigenvalue weighted by Gasteiger charge is 2.06. The lowest BCUT2D eigenvalue weighted by Gasteiger charge is -2.12. The van der Waals surface area contributed by atoms with Crippen LogP contribution in [-0.4, -0.2) is 18.7 Å². The highest BCUT2D eigenvalue weighted by atomic mass is 35.5. The van der Waals surface area contributed by atoms with Gasteiger partial charge < -0.3 is 4.74 Å². The van der Waals surface area contributed by atoms with Gasteiger partial charge in [-0.1, -0.05) is 43.6 Å². The van der Waals surface area contributed by atoms with Crippen molar-refractivity contribution in [3.63, 3.8) is 0 Å². The van der Waals surface area contributed by atoms with Crippen LogP contribution >= 0.6 is 11.6 Å². The molecular formula is C19H21ClN2O2. The number of nitrogens with one attached hydrogen (secondary N) is 1. The minimum absolute atomic E-state index is 0.0899. The van der Waals surface area contributed by atoms with Crippen molar-refractivity contribution >= 4 is 23.7 Å². The number of hydrazone groups is 1. The van der Waals surface area contributed by atoms with Crippen LogP contribution in [0.15, 0.2) is 47.6 Å². The van der Waals surface area contributed by atoms with Crippen LogP contribution in [-0.2, 0) is 4.79 Å². The number of rotatable bonds is 6. The number of benzene rings is 2. The fourth-order valence-corrected chi connectivity index (χ4v) is 2.53. The number of amides is 1. The zero-order valence-electron chi connectivity index (χ0n) is 14.0. The van der Waals surface area contributed by atoms with Crippen molar-refractivity contribution in [3.05, 3.63) is 64.2 Å². The maximum Gasteiger partial charge on any atom is 0.277 e. The van der Waals surface area contributed by atoms with Crippen molar-refractivity contribution in [2.75, 3.05) is 6.61 Å². The number of aryl methyl sites for hydroxylation is 1. The molecule has 0 bridgehead atoms. The van der Waals surface area contributed by atoms with E-state index in [1.54, 1.807) is 12.1 Å². The van der Waals surface area contributed by atoms with Crippen LogP contribution in [0.5, 0.6) is 5.75 Å². The van der Waals surface area contributed by atoms with E-state index in [9.17, 15) is 4.79 Å². The largest absolute Gasteiger partial charge is 0.484 e. The first-order chi connectivity index (χ1) is 11.5. The molecule has 1 N–H and O–H groups in total. The van der Waals surface area contributed by atoms with E-state index in [0.717, 1.165) is 11.1 Å². The average molecular weight is 345 g/mol. The molecule has 126 valence electrons. The van der Waals surface area contributed by atoms with E-state index in [0.29, 0.717) is 16.7 Å². The maximum atomic E-state index is 11.8. The summed E-state index contributed by atoms with van der Waals surface area (Å²) in [7, 11) is 0. The van der Waals surface area contributed by atoms with Crippen LogP contribution in [0, 0.1) is 6.92 Å². The summed E-state index contributed by atoms with van der Waals surface area (Å²) < 4.78 is 5.50. The summed E-state index contributed by atoms with van der Waals surface area (Å²) in [5, 5.41) is 4.51. The number of carbonyl (C=O) groups is 1. The predicted molar refractivity (Wildman–Crippen MR) is 98.0 cm³/mol. The summed E-state index contributed by atoms with van der Waals surface area (Å²) in [5.41, 5.74) is 5.67. The number of nitrogens with zero attached hydrogens (tertiary/aromatic N) is 1. The Bertz CT molecular complexity index is 742. The first kappa shape index (κ1) is 18.0. The smallest absolute Gasteiger partial charge is 0.277 e. The Labute approximate surface area is 147 Å². The van der Waals surface area contributed by atoms with Gasteiger partial charge in [-0.15, -0.1) is 0 Å². The molecule has 2 aromatic rings. The minimum atomic E-state index is -0.320. The molecule has 0 fully saturated rings. The van der Waals surface area contributed by atoms with Crippen molar-refractivity contribution in [1.82, 2.24) is 5.43 Å². The molecule has 24 heavy (non-hydrogen) atoms. The molecule has 0 aromatic heterocycles. The maximum absolute atomic E-state index is 11.8. The monoisotopic (exact) mass is 344 g/mol. The molecule has 0 saturated carbocycles. The van der Waals surface area contributed by atoms with Crippen LogP contribution in [0.3, 0.4) is 0 Å². The van der Waals surface area contributed by atoms with E-state index in [2.05, 4.69) is 24.4 Å². The molecule has 5 heteroatoms. The quantitative estimate of drug-likeness (QED) is 0.627. The number of ether oxygens (including phenoxy) is 1. The summed E-state index contributed by atoms with van der Waals surface area (Å²) in [6.45, 7) is 6.24. The lowest BCUT2D eigenvalue weighted by atomic mass is 9.98. The van der Waals surface area contributed by atoms with Gasteiger partial charge in [-0.05, 0) is 53.8 Å². The second-order valence-corrected chi connectivity index (χ2v) is 6.25. The van der Waals surface area contributed by atoms with Gasteiger partial charge in [0.15, 0.2) is 6.61 Å². The van der Waals surface area contributed by atoms with Gasteiger partial charge in [0, 0.05) is 5.02 Å². The second kappa shape index (κ2) is 8.50. The Morgan fingerprint density at radius 3 is 2.75 bits per heavy atom. The summed E-state index contributed by atoms with van der Waals surface area (Å²) in [4.78, 5) is 11.8. The highest BCUT2D eigenvalue weighted by molar-refractivity contribution is 6.30. The third-order valence-electron chi connectivity index (χ3n) is 3.48. The third kappa shape index (κ3) is 5.39. The lowest BCUT2D eigenvalue weighted by Crippen LogP contribution is -2.24. The zero-order valence-corrected chi connectivity index (χ0v) is 14.8. The number of carbonyl (C=O) groups excluding carboxylic acids is 1. The van der Waals surface area contributed by atoms with Crippen molar-refractivity contribution in [2.45, 2.75) is 26.7 Å². The molecular weight excluding hydrogens is 324 g/mol. The molecule has 0 aliphatic rings. The van der Waals surface area contributed by atoms with Gasteiger partial charge in [0.05, 0.1) is 6.21 Å². The average Bonchev–Trinajstić information content (AvgIpc) is 2.53. The lowest BCUT2D eigenvalue weighted by molar-refractivity contribution is -0.123. The van der Waals surface area contributed by atoms with Gasteiger partial charge in [-0.2, -0.15) is 5.10 Å². The summed E-state index contributed by atoms with van der Waals surface area (Å²) in [5.74, 6) is 0.813. The van der Waals surface area contributed by atoms with E-state index in [1.165, 1.54) is 11.8 Å². The van der Waals surface area contributed by atoms with E-state index >= 15 is 0 Å². The van der Waals surface area contributed by atoms with Gasteiger partial charge in [-0.3, -0.25) is 4.79 Å². The molecule has 0 spiro atoms. The van der Waals surface area contributed by atoms with Crippen LogP contribution in [0.2, 0.25) is 5.02 Å². The Balaban J connectivity index is 1.84. The molecule has 0 aliphatic heterocycles. The first-order valence-corrected chi connectivity index (χ1v) is 8.14. The molecule has 0 unspecified atom stereocenters. The van der Waals surface area contributed by atoms with Gasteiger partial charge in [0.2, 0.25) is 0 Å². The zero-order chi connectivity index (χ0) is 17.5. The molecule has 0 heterocycles. The van der Waals surface area contributed by atoms with Gasteiger partial charge in [0.1, 0.15) is 5.75 Å². The third-order valence-corrected chi connectivity index (χ3v) is 3.72. The first-order valence-electron chi connectivity index (χ1n) is 7.76. The van der Waals surface area contributed by atoms with E-state index in [-0.39, 0.29) is 12.5 Å². The Hall–Kier alpha value is -2.33. The standard InChI is InChI=1S/C19H21ClN2O2/c1-13(2)18-8-7-17(9-14(18)3)24-12-19(23)22-21-11-15-5-4-6-16(20)10-15/h4-11,13H,12H2,1-3H3,(H,22,23)/b21-11+. The Morgan fingerprint density at radius 1 is 1.29 bits per heavy atom. The van der Waals surface area contributed by atoms with Crippen molar-refractivity contribution in [1.29, 1.82) is 0 Å². The second-order valence-electron chi connectivity index (χ2n) is 5.81. The molecule has 0 radical (unpaired) electrons. The topological polar surface area (TPSA) is 50.7 Å². The van der Waals surface area contributed by atoms with Gasteiger partial charge in [0.25, 0.3) is 5.91 Å². The minimum Gasteiger partial charge on any atom is -0.484 e. The number of hydrogen-bond acceptors (Lipinski definition) is 3. The Kier molecular flexibility index (Phi) is 6.38. The molecule has 2 rings (SSSR count). The van der Waals surface area contributed by atoms with E-state index in [4.69, 9.17) is 16.3 Å². The van der Waals surface area contributed by atoms with Gasteiger partial charge in [-0.25, -0.2) is 5.43 Å².